The highest BCUT2D eigenvalue weighted by molar-refractivity contribution is 6.34. The van der Waals surface area contributed by atoms with Gasteiger partial charge in [-0.05, 0) is 6.92 Å². The summed E-state index contributed by atoms with van der Waals surface area (Å²) in [5.41, 5.74) is 0. The third-order valence-corrected chi connectivity index (χ3v) is 1.30. The van der Waals surface area contributed by atoms with E-state index in [4.69, 9.17) is 9.84 Å². The van der Waals surface area contributed by atoms with E-state index in [0.717, 1.165) is 0 Å². The highest BCUT2D eigenvalue weighted by atomic mass is 16.5. The van der Waals surface area contributed by atoms with Crippen molar-refractivity contribution in [1.29, 1.82) is 0 Å². The summed E-state index contributed by atoms with van der Waals surface area (Å²) in [5, 5.41) is 8.27. The molecule has 1 aliphatic rings. The Balaban J connectivity index is 2.42. The van der Waals surface area contributed by atoms with E-state index in [1.54, 1.807) is 6.08 Å². The van der Waals surface area contributed by atoms with Crippen LogP contribution in [0.25, 0.3) is 0 Å². The molecule has 0 aliphatic carbocycles. The van der Waals surface area contributed by atoms with E-state index in [1.807, 2.05) is 0 Å². The lowest BCUT2D eigenvalue weighted by molar-refractivity contribution is -0.152. The standard InChI is InChI=1S/C7H7NO4/c1-4(6(9)7(10)11)12-5-2-3-8-5/h2-4H,1H3,(H,10,11). The first kappa shape index (κ1) is 8.45. The summed E-state index contributed by atoms with van der Waals surface area (Å²) in [4.78, 5) is 24.5. The molecule has 5 nitrogen and oxygen atoms in total. The number of rotatable bonds is 3. The number of hydrogen-bond donors (Lipinski definition) is 1. The number of hydrogen-bond acceptors (Lipinski definition) is 4. The molecule has 1 heterocycles. The van der Waals surface area contributed by atoms with Crippen LogP contribution in [0.2, 0.25) is 0 Å². The lowest BCUT2D eigenvalue weighted by Crippen LogP contribution is -2.30. The molecular weight excluding hydrogens is 162 g/mol. The van der Waals surface area contributed by atoms with Crippen LogP contribution in [0.3, 0.4) is 0 Å². The minimum atomic E-state index is -1.49. The molecule has 64 valence electrons. The number of Topliss-reactive ketones (excluding diaryl/α,β-unsaturated/α-hetero) is 1. The Morgan fingerprint density at radius 3 is 2.58 bits per heavy atom. The van der Waals surface area contributed by atoms with Gasteiger partial charge in [0.05, 0.1) is 0 Å². The van der Waals surface area contributed by atoms with Crippen molar-refractivity contribution in [3.05, 3.63) is 12.3 Å². The second-order valence-electron chi connectivity index (χ2n) is 2.21. The van der Waals surface area contributed by atoms with Gasteiger partial charge in [0.2, 0.25) is 5.90 Å². The molecular formula is C7H7NO4. The minimum absolute atomic E-state index is 0.289. The quantitative estimate of drug-likeness (QED) is 0.602. The number of carbonyl (C=O) groups is 2. The normalized spacial score (nSPS) is 15.9. The van der Waals surface area contributed by atoms with Crippen LogP contribution in [-0.4, -0.2) is 28.9 Å². The molecule has 0 aromatic rings. The van der Waals surface area contributed by atoms with E-state index >= 15 is 0 Å². The van der Waals surface area contributed by atoms with Crippen LogP contribution in [0.15, 0.2) is 17.3 Å². The molecule has 1 aliphatic heterocycles. The highest BCUT2D eigenvalue weighted by Gasteiger charge is 2.23. The number of aliphatic imine (C=N–C) groups is 1. The number of ketones is 1. The SMILES string of the molecule is CC(OC1=NC=C1)C(=O)C(=O)O. The Morgan fingerprint density at radius 1 is 1.67 bits per heavy atom. The smallest absolute Gasteiger partial charge is 0.376 e. The predicted octanol–water partition coefficient (Wildman–Crippen LogP) is -0.0290. The molecule has 0 saturated heterocycles. The fourth-order valence-corrected chi connectivity index (χ4v) is 0.614. The van der Waals surface area contributed by atoms with Gasteiger partial charge < -0.3 is 9.84 Å². The van der Waals surface area contributed by atoms with E-state index in [2.05, 4.69) is 4.99 Å². The van der Waals surface area contributed by atoms with Gasteiger partial charge in [-0.2, -0.15) is 0 Å². The highest BCUT2D eigenvalue weighted by Crippen LogP contribution is 2.02. The van der Waals surface area contributed by atoms with Gasteiger partial charge in [-0.1, -0.05) is 0 Å². The lowest BCUT2D eigenvalue weighted by atomic mass is 10.2. The molecule has 0 aromatic heterocycles. The second kappa shape index (κ2) is 3.17. The van der Waals surface area contributed by atoms with E-state index in [-0.39, 0.29) is 5.90 Å². The van der Waals surface area contributed by atoms with Crippen molar-refractivity contribution >= 4 is 17.7 Å². The number of carboxylic acids is 1. The first-order chi connectivity index (χ1) is 5.61. The third kappa shape index (κ3) is 1.69. The maximum absolute atomic E-state index is 10.7. The minimum Gasteiger partial charge on any atom is -0.475 e. The Morgan fingerprint density at radius 2 is 2.25 bits per heavy atom. The van der Waals surface area contributed by atoms with Crippen molar-refractivity contribution in [2.75, 3.05) is 0 Å². The van der Waals surface area contributed by atoms with Crippen molar-refractivity contribution in [2.24, 2.45) is 4.99 Å². The van der Waals surface area contributed by atoms with Crippen LogP contribution in [0, 0.1) is 0 Å². The summed E-state index contributed by atoms with van der Waals surface area (Å²) in [6.07, 6.45) is 2.06. The number of aliphatic carboxylic acids is 1. The summed E-state index contributed by atoms with van der Waals surface area (Å²) in [5.74, 6) is -2.18. The van der Waals surface area contributed by atoms with Gasteiger partial charge in [0, 0.05) is 12.3 Å². The van der Waals surface area contributed by atoms with Crippen LogP contribution >= 0.6 is 0 Å². The van der Waals surface area contributed by atoms with E-state index < -0.39 is 17.9 Å². The van der Waals surface area contributed by atoms with Crippen molar-refractivity contribution in [3.8, 4) is 0 Å². The maximum atomic E-state index is 10.7. The van der Waals surface area contributed by atoms with Crippen LogP contribution in [0.1, 0.15) is 6.92 Å². The number of ether oxygens (including phenoxy) is 1. The number of carbonyl (C=O) groups excluding carboxylic acids is 1. The van der Waals surface area contributed by atoms with Crippen molar-refractivity contribution < 1.29 is 19.4 Å². The summed E-state index contributed by atoms with van der Waals surface area (Å²) in [6, 6.07) is 0. The molecule has 1 rings (SSSR count). The zero-order valence-electron chi connectivity index (χ0n) is 6.35. The van der Waals surface area contributed by atoms with Crippen molar-refractivity contribution in [2.45, 2.75) is 13.0 Å². The van der Waals surface area contributed by atoms with E-state index in [9.17, 15) is 9.59 Å². The fraction of sp³-hybridized carbons (Fsp3) is 0.286. The Hall–Kier alpha value is -1.65. The topological polar surface area (TPSA) is 76.0 Å². The zero-order chi connectivity index (χ0) is 9.14. The maximum Gasteiger partial charge on any atom is 0.376 e. The first-order valence-corrected chi connectivity index (χ1v) is 3.29. The van der Waals surface area contributed by atoms with Gasteiger partial charge in [-0.3, -0.25) is 4.79 Å². The lowest BCUT2D eigenvalue weighted by Gasteiger charge is -2.12. The Labute approximate surface area is 68.4 Å². The molecule has 1 N–H and O–H groups in total. The Bertz CT molecular complexity index is 279. The van der Waals surface area contributed by atoms with Gasteiger partial charge in [-0.15, -0.1) is 0 Å². The van der Waals surface area contributed by atoms with Gasteiger partial charge >= 0.3 is 5.97 Å². The average Bonchev–Trinajstić information content (AvgIpc) is 1.94. The fourth-order valence-electron chi connectivity index (χ4n) is 0.614. The average molecular weight is 169 g/mol. The largest absolute Gasteiger partial charge is 0.475 e. The molecule has 0 bridgehead atoms. The van der Waals surface area contributed by atoms with Crippen LogP contribution in [0.4, 0.5) is 0 Å². The van der Waals surface area contributed by atoms with Gasteiger partial charge in [0.25, 0.3) is 5.78 Å². The monoisotopic (exact) mass is 169 g/mol. The number of nitrogens with zero attached hydrogens (tertiary/aromatic N) is 1. The molecule has 0 aromatic carbocycles. The molecule has 1 unspecified atom stereocenters. The molecule has 0 amide bonds. The van der Waals surface area contributed by atoms with Crippen LogP contribution < -0.4 is 0 Å². The molecule has 0 radical (unpaired) electrons. The van der Waals surface area contributed by atoms with Gasteiger partial charge in [0.15, 0.2) is 6.10 Å². The summed E-state index contributed by atoms with van der Waals surface area (Å²) in [6.45, 7) is 1.37. The summed E-state index contributed by atoms with van der Waals surface area (Å²) >= 11 is 0. The molecule has 5 heteroatoms. The van der Waals surface area contributed by atoms with Crippen molar-refractivity contribution in [3.63, 3.8) is 0 Å². The molecule has 0 saturated carbocycles. The summed E-state index contributed by atoms with van der Waals surface area (Å²) < 4.78 is 4.84. The van der Waals surface area contributed by atoms with Crippen LogP contribution in [0.5, 0.6) is 0 Å². The first-order valence-electron chi connectivity index (χ1n) is 3.29. The third-order valence-electron chi connectivity index (χ3n) is 1.30. The van der Waals surface area contributed by atoms with Gasteiger partial charge in [0.1, 0.15) is 0 Å². The number of carboxylic acid groups (broad SMARTS) is 1. The zero-order valence-corrected chi connectivity index (χ0v) is 6.35. The second-order valence-corrected chi connectivity index (χ2v) is 2.21. The molecule has 12 heavy (non-hydrogen) atoms. The van der Waals surface area contributed by atoms with Crippen molar-refractivity contribution in [1.82, 2.24) is 0 Å². The summed E-state index contributed by atoms with van der Waals surface area (Å²) in [7, 11) is 0. The Kier molecular flexibility index (Phi) is 2.23. The van der Waals surface area contributed by atoms with Crippen LogP contribution in [-0.2, 0) is 14.3 Å². The van der Waals surface area contributed by atoms with E-state index in [0.29, 0.717) is 0 Å². The molecule has 0 fully saturated rings. The predicted molar refractivity (Wildman–Crippen MR) is 39.8 cm³/mol. The van der Waals surface area contributed by atoms with E-state index in [1.165, 1.54) is 13.1 Å². The molecule has 1 atom stereocenters. The molecule has 0 spiro atoms. The van der Waals surface area contributed by atoms with Gasteiger partial charge in [-0.25, -0.2) is 9.79 Å².